The lowest BCUT2D eigenvalue weighted by Crippen LogP contribution is -2.41. The molecule has 0 aliphatic carbocycles. The third kappa shape index (κ3) is 4.09. The summed E-state index contributed by atoms with van der Waals surface area (Å²) in [5.74, 6) is 0.565. The van der Waals surface area contributed by atoms with Crippen LogP contribution in [0, 0.1) is 6.92 Å². The standard InChI is InChI=1S/C21H25NO6S/c1-14-5-7-16(8-6-14)29(24,25)22-10-9-15-11-19(26-2)20(27-3)12-17(15)18(22)13-21(23)28-4/h5-8,11-12,18H,9-10,13H2,1-4H3. The van der Waals surface area contributed by atoms with Crippen molar-refractivity contribution >= 4 is 16.0 Å². The Hall–Kier alpha value is -2.58. The lowest BCUT2D eigenvalue weighted by atomic mass is 9.91. The van der Waals surface area contributed by atoms with Crippen molar-refractivity contribution in [3.63, 3.8) is 0 Å². The average Bonchev–Trinajstić information content (AvgIpc) is 2.72. The molecule has 2 aromatic rings. The summed E-state index contributed by atoms with van der Waals surface area (Å²) in [5, 5.41) is 0. The molecule has 1 aliphatic heterocycles. The van der Waals surface area contributed by atoms with Gasteiger partial charge in [0, 0.05) is 6.54 Å². The van der Waals surface area contributed by atoms with Crippen LogP contribution in [0.3, 0.4) is 0 Å². The summed E-state index contributed by atoms with van der Waals surface area (Å²) in [6.45, 7) is 2.15. The van der Waals surface area contributed by atoms with Crippen LogP contribution in [0.5, 0.6) is 11.5 Å². The van der Waals surface area contributed by atoms with E-state index in [2.05, 4.69) is 0 Å². The van der Waals surface area contributed by atoms with E-state index < -0.39 is 22.0 Å². The Balaban J connectivity index is 2.11. The predicted molar refractivity (Wildman–Crippen MR) is 108 cm³/mol. The molecule has 29 heavy (non-hydrogen) atoms. The Morgan fingerprint density at radius 3 is 2.28 bits per heavy atom. The van der Waals surface area contributed by atoms with Gasteiger partial charge in [-0.25, -0.2) is 8.42 Å². The van der Waals surface area contributed by atoms with Crippen LogP contribution in [0.1, 0.15) is 29.2 Å². The zero-order valence-electron chi connectivity index (χ0n) is 17.0. The molecule has 1 heterocycles. The highest BCUT2D eigenvalue weighted by Crippen LogP contribution is 2.41. The molecular formula is C21H25NO6S. The summed E-state index contributed by atoms with van der Waals surface area (Å²) in [7, 11) is 0.551. The van der Waals surface area contributed by atoms with Gasteiger partial charge in [-0.3, -0.25) is 4.79 Å². The minimum atomic E-state index is -3.81. The van der Waals surface area contributed by atoms with E-state index in [1.54, 1.807) is 37.4 Å². The molecule has 3 rings (SSSR count). The van der Waals surface area contributed by atoms with Gasteiger partial charge in [0.2, 0.25) is 10.0 Å². The Labute approximate surface area is 171 Å². The molecule has 8 heteroatoms. The van der Waals surface area contributed by atoms with E-state index in [-0.39, 0.29) is 17.9 Å². The molecule has 1 aliphatic rings. The summed E-state index contributed by atoms with van der Waals surface area (Å²) in [6.07, 6.45) is 0.405. The lowest BCUT2D eigenvalue weighted by molar-refractivity contribution is -0.141. The van der Waals surface area contributed by atoms with Gasteiger partial charge in [-0.2, -0.15) is 4.31 Å². The first-order valence-corrected chi connectivity index (χ1v) is 10.7. The quantitative estimate of drug-likeness (QED) is 0.670. The molecule has 2 aromatic carbocycles. The zero-order chi connectivity index (χ0) is 21.2. The highest BCUT2D eigenvalue weighted by atomic mass is 32.2. The normalized spacial score (nSPS) is 16.8. The van der Waals surface area contributed by atoms with Crippen molar-refractivity contribution in [3.05, 3.63) is 53.1 Å². The fourth-order valence-corrected chi connectivity index (χ4v) is 5.20. The molecule has 0 saturated carbocycles. The SMILES string of the molecule is COC(=O)CC1c2cc(OC)c(OC)cc2CCN1S(=O)(=O)c1ccc(C)cc1. The van der Waals surface area contributed by atoms with E-state index in [0.29, 0.717) is 17.9 Å². The third-order valence-corrected chi connectivity index (χ3v) is 7.09. The first-order valence-electron chi connectivity index (χ1n) is 9.22. The van der Waals surface area contributed by atoms with Gasteiger partial charge in [-0.05, 0) is 48.7 Å². The molecule has 0 aromatic heterocycles. The van der Waals surface area contributed by atoms with Crippen molar-refractivity contribution in [3.8, 4) is 11.5 Å². The second kappa shape index (κ2) is 8.42. The summed E-state index contributed by atoms with van der Waals surface area (Å²) in [5.41, 5.74) is 2.61. The van der Waals surface area contributed by atoms with E-state index in [1.807, 2.05) is 13.0 Å². The van der Waals surface area contributed by atoms with E-state index in [9.17, 15) is 13.2 Å². The molecule has 1 unspecified atom stereocenters. The summed E-state index contributed by atoms with van der Waals surface area (Å²) < 4.78 is 43.7. The van der Waals surface area contributed by atoms with E-state index >= 15 is 0 Å². The maximum Gasteiger partial charge on any atom is 0.307 e. The maximum atomic E-state index is 13.4. The highest BCUT2D eigenvalue weighted by Gasteiger charge is 2.38. The Kier molecular flexibility index (Phi) is 6.14. The molecule has 0 saturated heterocycles. The number of methoxy groups -OCH3 is 3. The van der Waals surface area contributed by atoms with E-state index in [1.165, 1.54) is 18.5 Å². The van der Waals surface area contributed by atoms with Gasteiger partial charge in [0.25, 0.3) is 0 Å². The topological polar surface area (TPSA) is 82.1 Å². The van der Waals surface area contributed by atoms with Gasteiger partial charge in [0.15, 0.2) is 11.5 Å². The second-order valence-electron chi connectivity index (χ2n) is 6.88. The van der Waals surface area contributed by atoms with Gasteiger partial charge < -0.3 is 14.2 Å². The highest BCUT2D eigenvalue weighted by molar-refractivity contribution is 7.89. The van der Waals surface area contributed by atoms with Crippen LogP contribution >= 0.6 is 0 Å². The van der Waals surface area contributed by atoms with Gasteiger partial charge in [-0.15, -0.1) is 0 Å². The van der Waals surface area contributed by atoms with E-state index in [4.69, 9.17) is 14.2 Å². The van der Waals surface area contributed by atoms with Crippen LogP contribution < -0.4 is 9.47 Å². The molecular weight excluding hydrogens is 394 g/mol. The van der Waals surface area contributed by atoms with Crippen molar-refractivity contribution < 1.29 is 27.4 Å². The molecule has 0 radical (unpaired) electrons. The lowest BCUT2D eigenvalue weighted by Gasteiger charge is -2.36. The monoisotopic (exact) mass is 419 g/mol. The molecule has 0 bridgehead atoms. The molecule has 7 nitrogen and oxygen atoms in total. The van der Waals surface area contributed by atoms with Crippen molar-refractivity contribution in [2.75, 3.05) is 27.9 Å². The van der Waals surface area contributed by atoms with Gasteiger partial charge in [0.1, 0.15) is 0 Å². The van der Waals surface area contributed by atoms with Crippen LogP contribution in [0.15, 0.2) is 41.3 Å². The fraction of sp³-hybridized carbons (Fsp3) is 0.381. The number of hydrogen-bond donors (Lipinski definition) is 0. The number of ether oxygens (including phenoxy) is 3. The molecule has 1 atom stereocenters. The average molecular weight is 419 g/mol. The predicted octanol–water partition coefficient (Wildman–Crippen LogP) is 2.86. The molecule has 0 fully saturated rings. The molecule has 0 spiro atoms. The zero-order valence-corrected chi connectivity index (χ0v) is 17.8. The number of carbonyl (C=O) groups excluding carboxylic acids is 1. The number of carbonyl (C=O) groups is 1. The summed E-state index contributed by atoms with van der Waals surface area (Å²) in [4.78, 5) is 12.3. The first kappa shape index (κ1) is 21.1. The number of benzene rings is 2. The fourth-order valence-electron chi connectivity index (χ4n) is 3.59. The first-order chi connectivity index (χ1) is 13.8. The Bertz CT molecular complexity index is 1000. The number of sulfonamides is 1. The van der Waals surface area contributed by atoms with Gasteiger partial charge >= 0.3 is 5.97 Å². The van der Waals surface area contributed by atoms with Crippen LogP contribution in [-0.2, 0) is 26.0 Å². The Morgan fingerprint density at radius 2 is 1.69 bits per heavy atom. The Morgan fingerprint density at radius 1 is 1.07 bits per heavy atom. The molecule has 0 N–H and O–H groups in total. The molecule has 156 valence electrons. The largest absolute Gasteiger partial charge is 0.493 e. The van der Waals surface area contributed by atoms with Gasteiger partial charge in [0.05, 0.1) is 38.7 Å². The number of nitrogens with zero attached hydrogens (tertiary/aromatic N) is 1. The second-order valence-corrected chi connectivity index (χ2v) is 8.77. The number of aryl methyl sites for hydroxylation is 1. The van der Waals surface area contributed by atoms with Crippen LogP contribution in [0.4, 0.5) is 0 Å². The van der Waals surface area contributed by atoms with Crippen molar-refractivity contribution in [1.29, 1.82) is 0 Å². The van der Waals surface area contributed by atoms with E-state index in [0.717, 1.165) is 16.7 Å². The number of hydrogen-bond acceptors (Lipinski definition) is 6. The summed E-state index contributed by atoms with van der Waals surface area (Å²) in [6, 6.07) is 9.58. The number of esters is 1. The molecule has 0 amide bonds. The smallest absolute Gasteiger partial charge is 0.307 e. The van der Waals surface area contributed by atoms with Crippen LogP contribution in [0.25, 0.3) is 0 Å². The van der Waals surface area contributed by atoms with Crippen molar-refractivity contribution in [1.82, 2.24) is 4.31 Å². The van der Waals surface area contributed by atoms with Crippen molar-refractivity contribution in [2.45, 2.75) is 30.7 Å². The maximum absolute atomic E-state index is 13.4. The number of rotatable bonds is 6. The summed E-state index contributed by atoms with van der Waals surface area (Å²) >= 11 is 0. The van der Waals surface area contributed by atoms with Crippen molar-refractivity contribution in [2.24, 2.45) is 0 Å². The van der Waals surface area contributed by atoms with Gasteiger partial charge in [-0.1, -0.05) is 17.7 Å². The number of fused-ring (bicyclic) bond motifs is 1. The minimum Gasteiger partial charge on any atom is -0.493 e. The minimum absolute atomic E-state index is 0.0932. The third-order valence-electron chi connectivity index (χ3n) is 5.17. The van der Waals surface area contributed by atoms with Crippen LogP contribution in [0.2, 0.25) is 0 Å². The van der Waals surface area contributed by atoms with Crippen LogP contribution in [-0.4, -0.2) is 46.6 Å².